The molecule has 1 heterocycles. The van der Waals surface area contributed by atoms with Crippen molar-refractivity contribution in [1.29, 1.82) is 0 Å². The Hall–Kier alpha value is -1.71. The Morgan fingerprint density at radius 2 is 1.83 bits per heavy atom. The van der Waals surface area contributed by atoms with Crippen molar-refractivity contribution < 1.29 is 4.42 Å². The van der Waals surface area contributed by atoms with E-state index in [1.165, 1.54) is 0 Å². The third kappa shape index (κ3) is 1.92. The minimum atomic E-state index is 0.468. The number of halogens is 2. The molecule has 0 saturated heterocycles. The molecular weight excluding hydrogens is 271 g/mol. The molecule has 3 aromatic rings. The van der Waals surface area contributed by atoms with Gasteiger partial charge in [0.1, 0.15) is 5.52 Å². The van der Waals surface area contributed by atoms with Gasteiger partial charge in [-0.1, -0.05) is 23.2 Å². The molecule has 5 heteroatoms. The predicted octanol–water partition coefficient (Wildman–Crippen LogP) is 4.38. The lowest BCUT2D eigenvalue weighted by molar-refractivity contribution is 0.620. The van der Waals surface area contributed by atoms with Crippen molar-refractivity contribution in [2.75, 3.05) is 5.73 Å². The first kappa shape index (κ1) is 11.4. The number of nitrogens with two attached hydrogens (primary N) is 1. The van der Waals surface area contributed by atoms with Gasteiger partial charge in [-0.3, -0.25) is 0 Å². The molecule has 2 N–H and O–H groups in total. The normalized spacial score (nSPS) is 11.0. The smallest absolute Gasteiger partial charge is 0.227 e. The molecule has 0 bridgehead atoms. The summed E-state index contributed by atoms with van der Waals surface area (Å²) in [5.74, 6) is 0.495. The Morgan fingerprint density at radius 3 is 2.61 bits per heavy atom. The molecule has 0 amide bonds. The highest BCUT2D eigenvalue weighted by atomic mass is 35.5. The average Bonchev–Trinajstić information content (AvgIpc) is 2.75. The van der Waals surface area contributed by atoms with E-state index in [1.54, 1.807) is 24.3 Å². The summed E-state index contributed by atoms with van der Waals surface area (Å²) in [6.45, 7) is 0. The predicted molar refractivity (Wildman–Crippen MR) is 73.9 cm³/mol. The van der Waals surface area contributed by atoms with Gasteiger partial charge in [0.05, 0.1) is 10.0 Å². The molecule has 0 aliphatic heterocycles. The van der Waals surface area contributed by atoms with Gasteiger partial charge in [0.25, 0.3) is 0 Å². The van der Waals surface area contributed by atoms with Crippen LogP contribution in [0.1, 0.15) is 0 Å². The van der Waals surface area contributed by atoms with Crippen LogP contribution in [0.3, 0.4) is 0 Å². The number of benzene rings is 2. The molecular formula is C13H8Cl2N2O. The van der Waals surface area contributed by atoms with Crippen LogP contribution in [-0.4, -0.2) is 4.98 Å². The van der Waals surface area contributed by atoms with Crippen LogP contribution in [0.5, 0.6) is 0 Å². The fourth-order valence-electron chi connectivity index (χ4n) is 1.69. The fourth-order valence-corrected chi connectivity index (χ4v) is 1.99. The van der Waals surface area contributed by atoms with Gasteiger partial charge < -0.3 is 10.2 Å². The van der Waals surface area contributed by atoms with Crippen LogP contribution in [-0.2, 0) is 0 Å². The zero-order valence-electron chi connectivity index (χ0n) is 9.15. The van der Waals surface area contributed by atoms with Crippen LogP contribution < -0.4 is 5.73 Å². The summed E-state index contributed by atoms with van der Waals surface area (Å²) in [7, 11) is 0. The topological polar surface area (TPSA) is 52.0 Å². The fraction of sp³-hybridized carbons (Fsp3) is 0. The van der Waals surface area contributed by atoms with Crippen LogP contribution in [0, 0.1) is 0 Å². The Labute approximate surface area is 113 Å². The number of rotatable bonds is 1. The van der Waals surface area contributed by atoms with Gasteiger partial charge in [0.15, 0.2) is 5.58 Å². The Morgan fingerprint density at radius 1 is 1.00 bits per heavy atom. The number of nitrogen functional groups attached to an aromatic ring is 1. The molecule has 0 aliphatic rings. The summed E-state index contributed by atoms with van der Waals surface area (Å²) in [6.07, 6.45) is 0. The van der Waals surface area contributed by atoms with E-state index < -0.39 is 0 Å². The summed E-state index contributed by atoms with van der Waals surface area (Å²) in [6, 6.07) is 10.6. The lowest BCUT2D eigenvalue weighted by Crippen LogP contribution is -1.81. The second kappa shape index (κ2) is 4.19. The molecule has 3 nitrogen and oxygen atoms in total. The first-order valence-electron chi connectivity index (χ1n) is 5.25. The van der Waals surface area contributed by atoms with E-state index in [4.69, 9.17) is 33.4 Å². The highest BCUT2D eigenvalue weighted by Gasteiger charge is 2.09. The van der Waals surface area contributed by atoms with Gasteiger partial charge in [-0.05, 0) is 30.3 Å². The molecule has 0 spiro atoms. The number of oxazole rings is 1. The minimum absolute atomic E-state index is 0.468. The van der Waals surface area contributed by atoms with E-state index >= 15 is 0 Å². The van der Waals surface area contributed by atoms with Gasteiger partial charge in [0, 0.05) is 17.3 Å². The van der Waals surface area contributed by atoms with E-state index in [0.717, 1.165) is 11.1 Å². The molecule has 1 aromatic heterocycles. The van der Waals surface area contributed by atoms with Crippen LogP contribution in [0.2, 0.25) is 10.0 Å². The van der Waals surface area contributed by atoms with Gasteiger partial charge in [-0.25, -0.2) is 4.98 Å². The quantitative estimate of drug-likeness (QED) is 0.672. The van der Waals surface area contributed by atoms with Crippen molar-refractivity contribution >= 4 is 40.0 Å². The molecule has 18 heavy (non-hydrogen) atoms. The molecule has 0 radical (unpaired) electrons. The standard InChI is InChI=1S/C13H8Cl2N2O/c14-9-3-1-7(5-10(9)15)13-17-11-4-2-8(16)6-12(11)18-13/h1-6H,16H2. The summed E-state index contributed by atoms with van der Waals surface area (Å²) in [5.41, 5.74) is 8.51. The summed E-state index contributed by atoms with van der Waals surface area (Å²) >= 11 is 11.8. The van der Waals surface area contributed by atoms with Crippen LogP contribution >= 0.6 is 23.2 Å². The van der Waals surface area contributed by atoms with Gasteiger partial charge in [-0.2, -0.15) is 0 Å². The third-order valence-electron chi connectivity index (χ3n) is 2.58. The number of hydrogen-bond acceptors (Lipinski definition) is 3. The Bertz CT molecular complexity index is 737. The maximum Gasteiger partial charge on any atom is 0.227 e. The Balaban J connectivity index is 2.16. The van der Waals surface area contributed by atoms with Gasteiger partial charge in [0.2, 0.25) is 5.89 Å². The Kier molecular flexibility index (Phi) is 2.65. The molecule has 0 fully saturated rings. The monoisotopic (exact) mass is 278 g/mol. The van der Waals surface area contributed by atoms with Crippen molar-refractivity contribution in [3.8, 4) is 11.5 Å². The highest BCUT2D eigenvalue weighted by molar-refractivity contribution is 6.42. The second-order valence-corrected chi connectivity index (χ2v) is 4.69. The summed E-state index contributed by atoms with van der Waals surface area (Å²) in [5, 5.41) is 0.969. The zero-order chi connectivity index (χ0) is 12.7. The maximum atomic E-state index is 5.97. The van der Waals surface area contributed by atoms with E-state index in [0.29, 0.717) is 27.2 Å². The number of fused-ring (bicyclic) bond motifs is 1. The molecule has 3 rings (SSSR count). The van der Waals surface area contributed by atoms with Crippen molar-refractivity contribution in [2.45, 2.75) is 0 Å². The van der Waals surface area contributed by atoms with Crippen LogP contribution in [0.4, 0.5) is 5.69 Å². The van der Waals surface area contributed by atoms with E-state index in [1.807, 2.05) is 12.1 Å². The first-order chi connectivity index (χ1) is 8.63. The average molecular weight is 279 g/mol. The molecule has 90 valence electrons. The number of hydrogen-bond donors (Lipinski definition) is 1. The number of aromatic nitrogens is 1. The molecule has 0 atom stereocenters. The van der Waals surface area contributed by atoms with Crippen molar-refractivity contribution in [1.82, 2.24) is 4.98 Å². The summed E-state index contributed by atoms with van der Waals surface area (Å²) < 4.78 is 5.64. The van der Waals surface area contributed by atoms with E-state index in [2.05, 4.69) is 4.98 Å². The van der Waals surface area contributed by atoms with Crippen LogP contribution in [0.25, 0.3) is 22.6 Å². The molecule has 0 unspecified atom stereocenters. The largest absolute Gasteiger partial charge is 0.436 e. The minimum Gasteiger partial charge on any atom is -0.436 e. The van der Waals surface area contributed by atoms with E-state index in [-0.39, 0.29) is 0 Å². The molecule has 2 aromatic carbocycles. The highest BCUT2D eigenvalue weighted by Crippen LogP contribution is 2.30. The lowest BCUT2D eigenvalue weighted by Gasteiger charge is -1.97. The molecule has 0 saturated carbocycles. The van der Waals surface area contributed by atoms with Crippen LogP contribution in [0.15, 0.2) is 40.8 Å². The van der Waals surface area contributed by atoms with Gasteiger partial charge >= 0.3 is 0 Å². The summed E-state index contributed by atoms with van der Waals surface area (Å²) in [4.78, 5) is 4.37. The van der Waals surface area contributed by atoms with Crippen molar-refractivity contribution in [2.24, 2.45) is 0 Å². The maximum absolute atomic E-state index is 5.97. The van der Waals surface area contributed by atoms with E-state index in [9.17, 15) is 0 Å². The lowest BCUT2D eigenvalue weighted by atomic mass is 10.2. The molecule has 0 aliphatic carbocycles. The van der Waals surface area contributed by atoms with Gasteiger partial charge in [-0.15, -0.1) is 0 Å². The SMILES string of the molecule is Nc1ccc2nc(-c3ccc(Cl)c(Cl)c3)oc2c1. The third-order valence-corrected chi connectivity index (χ3v) is 3.32. The van der Waals surface area contributed by atoms with Crippen molar-refractivity contribution in [3.63, 3.8) is 0 Å². The zero-order valence-corrected chi connectivity index (χ0v) is 10.7. The number of anilines is 1. The second-order valence-electron chi connectivity index (χ2n) is 3.88. The van der Waals surface area contributed by atoms with Crippen molar-refractivity contribution in [3.05, 3.63) is 46.4 Å². The first-order valence-corrected chi connectivity index (χ1v) is 6.00. The number of nitrogens with zero attached hydrogens (tertiary/aromatic N) is 1.